The van der Waals surface area contributed by atoms with Gasteiger partial charge in [0.1, 0.15) is 0 Å². The number of likely N-dealkylation sites (N-methyl/N-ethyl adjacent to an activating group) is 1. The van der Waals surface area contributed by atoms with Crippen LogP contribution in [0.25, 0.3) is 0 Å². The van der Waals surface area contributed by atoms with Crippen LogP contribution in [0, 0.1) is 0 Å². The summed E-state index contributed by atoms with van der Waals surface area (Å²) in [5.74, 6) is 0. The maximum Gasteiger partial charge on any atom is 0.0837 e. The Bertz CT molecular complexity index is 392. The van der Waals surface area contributed by atoms with Crippen molar-refractivity contribution in [2.45, 2.75) is 57.1 Å². The van der Waals surface area contributed by atoms with Crippen LogP contribution < -0.4 is 5.32 Å². The molecule has 0 radical (unpaired) electrons. The van der Waals surface area contributed by atoms with Crippen molar-refractivity contribution in [3.8, 4) is 0 Å². The van der Waals surface area contributed by atoms with E-state index in [9.17, 15) is 0 Å². The summed E-state index contributed by atoms with van der Waals surface area (Å²) in [7, 11) is 2.05. The highest BCUT2D eigenvalue weighted by atomic mass is 35.5. The van der Waals surface area contributed by atoms with Crippen LogP contribution in [0.4, 0.5) is 0 Å². The summed E-state index contributed by atoms with van der Waals surface area (Å²) in [4.78, 5) is 0. The predicted molar refractivity (Wildman–Crippen MR) is 85.4 cm³/mol. The smallest absolute Gasteiger partial charge is 0.0837 e. The standard InChI is InChI=1S/C17H26ClNO/c1-3-20-17(11-5-4-6-12-17)16(19-2)13-14-7-9-15(18)10-8-14/h7-10,16,19H,3-6,11-13H2,1-2H3. The minimum absolute atomic E-state index is 0.00138. The Labute approximate surface area is 127 Å². The molecule has 1 aromatic carbocycles. The van der Waals surface area contributed by atoms with E-state index in [0.29, 0.717) is 6.04 Å². The lowest BCUT2D eigenvalue weighted by Crippen LogP contribution is -2.53. The van der Waals surface area contributed by atoms with Crippen molar-refractivity contribution in [3.05, 3.63) is 34.9 Å². The summed E-state index contributed by atoms with van der Waals surface area (Å²) in [5, 5.41) is 4.30. The minimum atomic E-state index is 0.00138. The van der Waals surface area contributed by atoms with Crippen molar-refractivity contribution < 1.29 is 4.74 Å². The fourth-order valence-corrected chi connectivity index (χ4v) is 3.56. The average Bonchev–Trinajstić information content (AvgIpc) is 2.48. The van der Waals surface area contributed by atoms with Gasteiger partial charge in [0.2, 0.25) is 0 Å². The molecule has 0 amide bonds. The molecule has 112 valence electrons. The van der Waals surface area contributed by atoms with Gasteiger partial charge in [-0.15, -0.1) is 0 Å². The highest BCUT2D eigenvalue weighted by Gasteiger charge is 2.39. The minimum Gasteiger partial charge on any atom is -0.374 e. The molecule has 0 spiro atoms. The first-order chi connectivity index (χ1) is 9.70. The molecule has 1 atom stereocenters. The maximum atomic E-state index is 6.23. The largest absolute Gasteiger partial charge is 0.374 e. The Morgan fingerprint density at radius 1 is 1.20 bits per heavy atom. The van der Waals surface area contributed by atoms with Crippen LogP contribution in [0.15, 0.2) is 24.3 Å². The molecule has 20 heavy (non-hydrogen) atoms. The second kappa shape index (κ2) is 7.44. The number of benzene rings is 1. The quantitative estimate of drug-likeness (QED) is 0.849. The van der Waals surface area contributed by atoms with Gasteiger partial charge in [0.15, 0.2) is 0 Å². The molecule has 0 aromatic heterocycles. The Balaban J connectivity index is 2.13. The normalized spacial score (nSPS) is 19.8. The lowest BCUT2D eigenvalue weighted by Gasteiger charge is -2.43. The van der Waals surface area contributed by atoms with E-state index in [0.717, 1.165) is 18.1 Å². The molecular weight excluding hydrogens is 270 g/mol. The molecule has 1 aliphatic carbocycles. The number of rotatable bonds is 6. The first-order valence-electron chi connectivity index (χ1n) is 7.76. The maximum absolute atomic E-state index is 6.23. The van der Waals surface area contributed by atoms with E-state index < -0.39 is 0 Å². The second-order valence-corrected chi connectivity index (χ2v) is 6.17. The van der Waals surface area contributed by atoms with E-state index in [-0.39, 0.29) is 5.60 Å². The summed E-state index contributed by atoms with van der Waals surface area (Å²) < 4.78 is 6.23. The number of ether oxygens (including phenoxy) is 1. The third kappa shape index (κ3) is 3.75. The Morgan fingerprint density at radius 2 is 1.85 bits per heavy atom. The highest BCUT2D eigenvalue weighted by molar-refractivity contribution is 6.30. The summed E-state index contributed by atoms with van der Waals surface area (Å²) >= 11 is 5.97. The van der Waals surface area contributed by atoms with Crippen molar-refractivity contribution in [1.82, 2.24) is 5.32 Å². The van der Waals surface area contributed by atoms with Crippen molar-refractivity contribution in [2.75, 3.05) is 13.7 Å². The molecule has 2 rings (SSSR count). The SMILES string of the molecule is CCOC1(C(Cc2ccc(Cl)cc2)NC)CCCCC1. The van der Waals surface area contributed by atoms with Crippen LogP contribution >= 0.6 is 11.6 Å². The molecule has 3 heteroatoms. The van der Waals surface area contributed by atoms with E-state index in [1.807, 2.05) is 12.1 Å². The molecule has 0 bridgehead atoms. The first-order valence-corrected chi connectivity index (χ1v) is 8.13. The van der Waals surface area contributed by atoms with E-state index in [1.165, 1.54) is 37.7 Å². The summed E-state index contributed by atoms with van der Waals surface area (Å²) in [6.07, 6.45) is 7.22. The van der Waals surface area contributed by atoms with Gasteiger partial charge >= 0.3 is 0 Å². The van der Waals surface area contributed by atoms with E-state index in [1.54, 1.807) is 0 Å². The molecule has 1 fully saturated rings. The third-order valence-corrected chi connectivity index (χ3v) is 4.72. The van der Waals surface area contributed by atoms with E-state index >= 15 is 0 Å². The highest BCUT2D eigenvalue weighted by Crippen LogP contribution is 2.35. The van der Waals surface area contributed by atoms with Crippen molar-refractivity contribution in [3.63, 3.8) is 0 Å². The van der Waals surface area contributed by atoms with Crippen molar-refractivity contribution in [1.29, 1.82) is 0 Å². The fourth-order valence-electron chi connectivity index (χ4n) is 3.44. The molecule has 1 aliphatic rings. The molecule has 0 heterocycles. The Kier molecular flexibility index (Phi) is 5.88. The summed E-state index contributed by atoms with van der Waals surface area (Å²) in [6, 6.07) is 8.55. The van der Waals surface area contributed by atoms with Gasteiger partial charge in [-0.2, -0.15) is 0 Å². The molecule has 0 saturated heterocycles. The second-order valence-electron chi connectivity index (χ2n) is 5.73. The number of hydrogen-bond donors (Lipinski definition) is 1. The van der Waals surface area contributed by atoms with E-state index in [4.69, 9.17) is 16.3 Å². The van der Waals surface area contributed by atoms with Crippen LogP contribution in [0.1, 0.15) is 44.6 Å². The average molecular weight is 296 g/mol. The molecule has 2 nitrogen and oxygen atoms in total. The first kappa shape index (κ1) is 15.8. The number of nitrogens with one attached hydrogen (secondary N) is 1. The topological polar surface area (TPSA) is 21.3 Å². The Morgan fingerprint density at radius 3 is 2.40 bits per heavy atom. The lowest BCUT2D eigenvalue weighted by molar-refractivity contribution is -0.0883. The molecular formula is C17H26ClNO. The zero-order chi connectivity index (χ0) is 14.4. The molecule has 0 aliphatic heterocycles. The zero-order valence-electron chi connectivity index (χ0n) is 12.6. The van der Waals surface area contributed by atoms with E-state index in [2.05, 4.69) is 31.4 Å². The molecule has 1 aromatic rings. The zero-order valence-corrected chi connectivity index (χ0v) is 13.4. The van der Waals surface area contributed by atoms with Crippen molar-refractivity contribution in [2.24, 2.45) is 0 Å². The predicted octanol–water partition coefficient (Wildman–Crippen LogP) is 4.21. The molecule has 1 unspecified atom stereocenters. The van der Waals surface area contributed by atoms with Gasteiger partial charge in [0.25, 0.3) is 0 Å². The van der Waals surface area contributed by atoms with Crippen LogP contribution in [0.3, 0.4) is 0 Å². The molecule has 1 N–H and O–H groups in total. The van der Waals surface area contributed by atoms with Gasteiger partial charge in [-0.1, -0.05) is 43.0 Å². The number of halogens is 1. The summed E-state index contributed by atoms with van der Waals surface area (Å²) in [6.45, 7) is 2.89. The van der Waals surface area contributed by atoms with Crippen molar-refractivity contribution >= 4 is 11.6 Å². The van der Waals surface area contributed by atoms with Gasteiger partial charge in [-0.05, 0) is 50.9 Å². The number of hydrogen-bond acceptors (Lipinski definition) is 2. The van der Waals surface area contributed by atoms with Gasteiger partial charge in [-0.3, -0.25) is 0 Å². The van der Waals surface area contributed by atoms with Crippen LogP contribution in [0.2, 0.25) is 5.02 Å². The third-order valence-electron chi connectivity index (χ3n) is 4.47. The van der Waals surface area contributed by atoms with Crippen LogP contribution in [-0.2, 0) is 11.2 Å². The summed E-state index contributed by atoms with van der Waals surface area (Å²) in [5.41, 5.74) is 1.32. The van der Waals surface area contributed by atoms with Gasteiger partial charge in [0.05, 0.1) is 5.60 Å². The molecule has 1 saturated carbocycles. The lowest BCUT2D eigenvalue weighted by atomic mass is 9.77. The van der Waals surface area contributed by atoms with Crippen LogP contribution in [-0.4, -0.2) is 25.3 Å². The van der Waals surface area contributed by atoms with Gasteiger partial charge in [0, 0.05) is 17.7 Å². The Hall–Kier alpha value is -0.570. The monoisotopic (exact) mass is 295 g/mol. The van der Waals surface area contributed by atoms with Gasteiger partial charge in [-0.25, -0.2) is 0 Å². The van der Waals surface area contributed by atoms with Crippen LogP contribution in [0.5, 0.6) is 0 Å². The fraction of sp³-hybridized carbons (Fsp3) is 0.647. The van der Waals surface area contributed by atoms with Gasteiger partial charge < -0.3 is 10.1 Å².